The molecule has 0 N–H and O–H groups in total. The molecule has 3 aromatic rings. The van der Waals surface area contributed by atoms with Gasteiger partial charge in [0.15, 0.2) is 0 Å². The van der Waals surface area contributed by atoms with Crippen molar-refractivity contribution in [3.8, 4) is 0 Å². The number of rotatable bonds is 8. The molecule has 9 heteroatoms. The average Bonchev–Trinajstić information content (AvgIpc) is 3.18. The predicted octanol–water partition coefficient (Wildman–Crippen LogP) is 4.67. The third-order valence-corrected chi connectivity index (χ3v) is 6.27. The van der Waals surface area contributed by atoms with E-state index in [1.165, 1.54) is 53.4 Å². The molecule has 0 radical (unpaired) electrons. The molecule has 0 saturated carbocycles. The van der Waals surface area contributed by atoms with Crippen LogP contribution in [0.3, 0.4) is 0 Å². The van der Waals surface area contributed by atoms with Gasteiger partial charge in [-0.2, -0.15) is 0 Å². The van der Waals surface area contributed by atoms with Gasteiger partial charge in [0.25, 0.3) is 11.8 Å². The van der Waals surface area contributed by atoms with E-state index in [1.807, 2.05) is 6.07 Å². The van der Waals surface area contributed by atoms with E-state index in [1.54, 1.807) is 25.1 Å². The summed E-state index contributed by atoms with van der Waals surface area (Å²) in [7, 11) is 0. The number of carbonyl (C=O) groups excluding carboxylic acids is 4. The molecular formula is C28H24ClFN2O5. The Hall–Kier alpha value is -4.04. The van der Waals surface area contributed by atoms with E-state index in [0.29, 0.717) is 11.4 Å². The molecule has 4 rings (SSSR count). The fourth-order valence-electron chi connectivity index (χ4n) is 4.22. The van der Waals surface area contributed by atoms with E-state index < -0.39 is 35.5 Å². The van der Waals surface area contributed by atoms with Gasteiger partial charge in [0.2, 0.25) is 5.91 Å². The molecular weight excluding hydrogens is 499 g/mol. The molecule has 3 aromatic carbocycles. The highest BCUT2D eigenvalue weighted by Crippen LogP contribution is 2.28. The zero-order chi connectivity index (χ0) is 26.5. The molecule has 1 aliphatic rings. The monoisotopic (exact) mass is 522 g/mol. The second-order valence-electron chi connectivity index (χ2n) is 8.41. The van der Waals surface area contributed by atoms with Gasteiger partial charge in [0, 0.05) is 11.6 Å². The smallest absolute Gasteiger partial charge is 0.338 e. The van der Waals surface area contributed by atoms with Crippen molar-refractivity contribution in [2.24, 2.45) is 0 Å². The van der Waals surface area contributed by atoms with E-state index >= 15 is 0 Å². The number of imide groups is 1. The Kier molecular flexibility index (Phi) is 7.98. The van der Waals surface area contributed by atoms with Gasteiger partial charge in [0.1, 0.15) is 11.9 Å². The van der Waals surface area contributed by atoms with Crippen molar-refractivity contribution in [2.75, 3.05) is 18.1 Å². The van der Waals surface area contributed by atoms with Crippen LogP contribution in [-0.2, 0) is 20.7 Å². The lowest BCUT2D eigenvalue weighted by Crippen LogP contribution is -2.46. The molecule has 0 spiro atoms. The fraction of sp³-hybridized carbons (Fsp3) is 0.214. The van der Waals surface area contributed by atoms with Crippen molar-refractivity contribution < 1.29 is 28.3 Å². The first-order chi connectivity index (χ1) is 17.8. The minimum absolute atomic E-state index is 0.0623. The van der Waals surface area contributed by atoms with Crippen LogP contribution in [-0.4, -0.2) is 47.8 Å². The Morgan fingerprint density at radius 1 is 1.05 bits per heavy atom. The molecule has 1 fully saturated rings. The molecule has 1 saturated heterocycles. The number of hydrogen-bond donors (Lipinski definition) is 0. The summed E-state index contributed by atoms with van der Waals surface area (Å²) in [5.74, 6) is -3.04. The molecule has 0 aliphatic carbocycles. The summed E-state index contributed by atoms with van der Waals surface area (Å²) in [4.78, 5) is 54.0. The maximum absolute atomic E-state index is 14.5. The van der Waals surface area contributed by atoms with Crippen LogP contribution in [0.15, 0.2) is 72.8 Å². The Bertz CT molecular complexity index is 1340. The molecule has 0 aromatic heterocycles. The molecule has 1 unspecified atom stereocenters. The highest BCUT2D eigenvalue weighted by Gasteiger charge is 2.44. The standard InChI is InChI=1S/C28H24ClFN2O5/c1-2-37-28(36)19-10-12-21(13-11-19)32-25(33)17-24(27(32)35)31(15-14-18-6-5-7-20(29)16-18)26(34)22-8-3-4-9-23(22)30/h3-13,16,24H,2,14-15,17H2,1H3. The zero-order valence-corrected chi connectivity index (χ0v) is 20.8. The molecule has 1 heterocycles. The summed E-state index contributed by atoms with van der Waals surface area (Å²) in [5, 5.41) is 0.522. The van der Waals surface area contributed by atoms with E-state index in [9.17, 15) is 23.6 Å². The van der Waals surface area contributed by atoms with Crippen molar-refractivity contribution in [2.45, 2.75) is 25.8 Å². The lowest BCUT2D eigenvalue weighted by Gasteiger charge is -2.28. The van der Waals surface area contributed by atoms with Crippen LogP contribution in [0.25, 0.3) is 0 Å². The summed E-state index contributed by atoms with van der Waals surface area (Å²) >= 11 is 6.08. The quantitative estimate of drug-likeness (QED) is 0.317. The van der Waals surface area contributed by atoms with Crippen molar-refractivity contribution in [1.29, 1.82) is 0 Å². The number of amides is 3. The summed E-state index contributed by atoms with van der Waals surface area (Å²) < 4.78 is 19.5. The van der Waals surface area contributed by atoms with Gasteiger partial charge < -0.3 is 9.64 Å². The first kappa shape index (κ1) is 26.0. The van der Waals surface area contributed by atoms with Crippen LogP contribution in [0, 0.1) is 5.82 Å². The molecule has 190 valence electrons. The lowest BCUT2D eigenvalue weighted by atomic mass is 10.1. The Labute approximate surface area is 218 Å². The SMILES string of the molecule is CCOC(=O)c1ccc(N2C(=O)CC(N(CCc3cccc(Cl)c3)C(=O)c3ccccc3F)C2=O)cc1. The van der Waals surface area contributed by atoms with Crippen molar-refractivity contribution in [1.82, 2.24) is 4.90 Å². The van der Waals surface area contributed by atoms with Gasteiger partial charge in [0.05, 0.1) is 29.8 Å². The van der Waals surface area contributed by atoms with E-state index in [4.69, 9.17) is 16.3 Å². The van der Waals surface area contributed by atoms with Crippen LogP contribution in [0.5, 0.6) is 0 Å². The maximum Gasteiger partial charge on any atom is 0.338 e. The topological polar surface area (TPSA) is 84.0 Å². The number of carbonyl (C=O) groups is 4. The summed E-state index contributed by atoms with van der Waals surface area (Å²) in [6.45, 7) is 1.97. The van der Waals surface area contributed by atoms with Crippen LogP contribution in [0.1, 0.15) is 39.6 Å². The van der Waals surface area contributed by atoms with Crippen LogP contribution in [0.2, 0.25) is 5.02 Å². The average molecular weight is 523 g/mol. The third kappa shape index (κ3) is 5.70. The first-order valence-electron chi connectivity index (χ1n) is 11.7. The Balaban J connectivity index is 1.62. The van der Waals surface area contributed by atoms with Crippen LogP contribution >= 0.6 is 11.6 Å². The van der Waals surface area contributed by atoms with E-state index in [0.717, 1.165) is 10.5 Å². The second-order valence-corrected chi connectivity index (χ2v) is 8.85. The van der Waals surface area contributed by atoms with Gasteiger partial charge in [-0.1, -0.05) is 35.9 Å². The normalized spacial score (nSPS) is 15.1. The largest absolute Gasteiger partial charge is 0.462 e. The highest BCUT2D eigenvalue weighted by molar-refractivity contribution is 6.30. The second kappa shape index (κ2) is 11.3. The minimum Gasteiger partial charge on any atom is -0.462 e. The van der Waals surface area contributed by atoms with Gasteiger partial charge in [-0.3, -0.25) is 14.4 Å². The minimum atomic E-state index is -1.12. The summed E-state index contributed by atoms with van der Waals surface area (Å²) in [6.07, 6.45) is 0.0845. The number of benzene rings is 3. The molecule has 0 bridgehead atoms. The summed E-state index contributed by atoms with van der Waals surface area (Å²) in [5.41, 5.74) is 1.17. The first-order valence-corrected chi connectivity index (χ1v) is 12.1. The van der Waals surface area contributed by atoms with Crippen molar-refractivity contribution >= 4 is 41.0 Å². The van der Waals surface area contributed by atoms with Gasteiger partial charge in [-0.05, 0) is 67.4 Å². The number of halogens is 2. The number of ether oxygens (including phenoxy) is 1. The molecule has 1 aliphatic heterocycles. The van der Waals surface area contributed by atoms with Gasteiger partial charge >= 0.3 is 5.97 Å². The Morgan fingerprint density at radius 2 is 1.78 bits per heavy atom. The third-order valence-electron chi connectivity index (χ3n) is 6.03. The lowest BCUT2D eigenvalue weighted by molar-refractivity contribution is -0.122. The highest BCUT2D eigenvalue weighted by atomic mass is 35.5. The summed E-state index contributed by atoms with van der Waals surface area (Å²) in [6, 6.07) is 17.3. The number of hydrogen-bond acceptors (Lipinski definition) is 5. The molecule has 1 atom stereocenters. The molecule has 37 heavy (non-hydrogen) atoms. The maximum atomic E-state index is 14.5. The fourth-order valence-corrected chi connectivity index (χ4v) is 4.43. The molecule has 3 amide bonds. The van der Waals surface area contributed by atoms with E-state index in [-0.39, 0.29) is 36.4 Å². The number of anilines is 1. The molecule has 7 nitrogen and oxygen atoms in total. The van der Waals surface area contributed by atoms with Gasteiger partial charge in [-0.25, -0.2) is 14.1 Å². The van der Waals surface area contributed by atoms with Crippen LogP contribution in [0.4, 0.5) is 10.1 Å². The number of nitrogens with zero attached hydrogens (tertiary/aromatic N) is 2. The van der Waals surface area contributed by atoms with Crippen molar-refractivity contribution in [3.05, 3.63) is 100 Å². The zero-order valence-electron chi connectivity index (χ0n) is 20.0. The Morgan fingerprint density at radius 3 is 2.46 bits per heavy atom. The van der Waals surface area contributed by atoms with Crippen LogP contribution < -0.4 is 4.90 Å². The number of esters is 1. The predicted molar refractivity (Wildman–Crippen MR) is 136 cm³/mol. The van der Waals surface area contributed by atoms with E-state index in [2.05, 4.69) is 0 Å². The van der Waals surface area contributed by atoms with Crippen molar-refractivity contribution in [3.63, 3.8) is 0 Å². The van der Waals surface area contributed by atoms with Gasteiger partial charge in [-0.15, -0.1) is 0 Å².